The van der Waals surface area contributed by atoms with Crippen LogP contribution < -0.4 is 5.32 Å². The molecule has 0 radical (unpaired) electrons. The number of hydrogen-bond acceptors (Lipinski definition) is 4. The summed E-state index contributed by atoms with van der Waals surface area (Å²) in [4.78, 5) is 7.09. The minimum atomic E-state index is 0.135. The van der Waals surface area contributed by atoms with Crippen molar-refractivity contribution in [3.8, 4) is 0 Å². The zero-order valence-corrected chi connectivity index (χ0v) is 13.4. The summed E-state index contributed by atoms with van der Waals surface area (Å²) >= 11 is 1.73. The maximum absolute atomic E-state index is 4.58. The van der Waals surface area contributed by atoms with Gasteiger partial charge in [0.25, 0.3) is 0 Å². The van der Waals surface area contributed by atoms with Crippen LogP contribution in [0, 0.1) is 6.92 Å². The highest BCUT2D eigenvalue weighted by atomic mass is 32.1. The van der Waals surface area contributed by atoms with Gasteiger partial charge in [-0.15, -0.1) is 11.3 Å². The molecule has 1 heterocycles. The molecule has 0 spiro atoms. The number of aryl methyl sites for hydroxylation is 1. The van der Waals surface area contributed by atoms with Crippen LogP contribution >= 0.6 is 11.3 Å². The lowest BCUT2D eigenvalue weighted by Gasteiger charge is -2.43. The number of likely N-dealkylation sites (N-methyl/N-ethyl adjacent to an activating group) is 2. The second kappa shape index (κ2) is 6.64. The average Bonchev–Trinajstić information content (AvgIpc) is 2.72. The number of nitrogens with one attached hydrogen (secondary N) is 1. The molecule has 0 fully saturated rings. The lowest BCUT2D eigenvalue weighted by atomic mass is 9.89. The predicted octanol–water partition coefficient (Wildman–Crippen LogP) is 2.70. The first-order chi connectivity index (χ1) is 8.45. The topological polar surface area (TPSA) is 28.2 Å². The summed E-state index contributed by atoms with van der Waals surface area (Å²) in [6.07, 6.45) is 0.990. The first kappa shape index (κ1) is 15.6. The van der Waals surface area contributed by atoms with Gasteiger partial charge in [0, 0.05) is 23.4 Å². The first-order valence-corrected chi connectivity index (χ1v) is 7.66. The SMILES string of the molecule is CCN(CC)C(C)(C)C(Cc1csc(C)n1)NC. The van der Waals surface area contributed by atoms with Crippen LogP contribution in [-0.4, -0.2) is 41.6 Å². The van der Waals surface area contributed by atoms with Crippen molar-refractivity contribution in [2.75, 3.05) is 20.1 Å². The summed E-state index contributed by atoms with van der Waals surface area (Å²) in [5, 5.41) is 6.80. The Hall–Kier alpha value is -0.450. The van der Waals surface area contributed by atoms with Crippen molar-refractivity contribution in [3.05, 3.63) is 16.1 Å². The van der Waals surface area contributed by atoms with Gasteiger partial charge in [-0.25, -0.2) is 4.98 Å². The molecule has 0 aliphatic heterocycles. The molecule has 1 unspecified atom stereocenters. The third-order valence-electron chi connectivity index (χ3n) is 3.86. The molecule has 18 heavy (non-hydrogen) atoms. The maximum atomic E-state index is 4.58. The number of rotatable bonds is 7. The lowest BCUT2D eigenvalue weighted by Crippen LogP contribution is -2.57. The van der Waals surface area contributed by atoms with Crippen molar-refractivity contribution in [2.45, 2.75) is 52.6 Å². The average molecular weight is 269 g/mol. The molecule has 104 valence electrons. The summed E-state index contributed by atoms with van der Waals surface area (Å²) < 4.78 is 0. The Morgan fingerprint density at radius 3 is 2.39 bits per heavy atom. The number of nitrogens with zero attached hydrogens (tertiary/aromatic N) is 2. The van der Waals surface area contributed by atoms with E-state index in [1.807, 2.05) is 0 Å². The Kier molecular flexibility index (Phi) is 5.76. The van der Waals surface area contributed by atoms with Gasteiger partial charge >= 0.3 is 0 Å². The zero-order chi connectivity index (χ0) is 13.8. The highest BCUT2D eigenvalue weighted by Crippen LogP contribution is 2.22. The molecule has 0 aliphatic carbocycles. The Bertz CT molecular complexity index is 356. The van der Waals surface area contributed by atoms with Crippen LogP contribution in [0.3, 0.4) is 0 Å². The van der Waals surface area contributed by atoms with E-state index in [1.165, 1.54) is 5.69 Å². The summed E-state index contributed by atoms with van der Waals surface area (Å²) in [7, 11) is 2.05. The van der Waals surface area contributed by atoms with Crippen LogP contribution in [0.1, 0.15) is 38.4 Å². The van der Waals surface area contributed by atoms with Crippen LogP contribution in [0.4, 0.5) is 0 Å². The van der Waals surface area contributed by atoms with E-state index in [0.717, 1.165) is 24.5 Å². The molecular formula is C14H27N3S. The molecule has 0 saturated heterocycles. The molecule has 0 aromatic carbocycles. The minimum absolute atomic E-state index is 0.135. The van der Waals surface area contributed by atoms with Gasteiger partial charge in [-0.2, -0.15) is 0 Å². The Balaban J connectivity index is 2.81. The number of thiazole rings is 1. The molecule has 0 amide bonds. The van der Waals surface area contributed by atoms with E-state index >= 15 is 0 Å². The van der Waals surface area contributed by atoms with Crippen molar-refractivity contribution in [1.82, 2.24) is 15.2 Å². The fraction of sp³-hybridized carbons (Fsp3) is 0.786. The van der Waals surface area contributed by atoms with Crippen LogP contribution in [0.15, 0.2) is 5.38 Å². The van der Waals surface area contributed by atoms with E-state index in [2.05, 4.69) is 62.2 Å². The fourth-order valence-corrected chi connectivity index (χ4v) is 3.30. The van der Waals surface area contributed by atoms with E-state index in [4.69, 9.17) is 0 Å². The highest BCUT2D eigenvalue weighted by molar-refractivity contribution is 7.09. The largest absolute Gasteiger partial charge is 0.315 e. The number of hydrogen-bond donors (Lipinski definition) is 1. The van der Waals surface area contributed by atoms with Gasteiger partial charge in [-0.1, -0.05) is 13.8 Å². The van der Waals surface area contributed by atoms with Gasteiger partial charge < -0.3 is 5.32 Å². The van der Waals surface area contributed by atoms with Crippen molar-refractivity contribution in [3.63, 3.8) is 0 Å². The Labute approximate surface area is 116 Å². The molecule has 1 aromatic heterocycles. The minimum Gasteiger partial charge on any atom is -0.315 e. The van der Waals surface area contributed by atoms with Gasteiger partial charge in [-0.3, -0.25) is 4.90 Å². The molecule has 3 nitrogen and oxygen atoms in total. The summed E-state index contributed by atoms with van der Waals surface area (Å²) in [5.41, 5.74) is 1.34. The normalized spacial score (nSPS) is 14.2. The standard InChI is InChI=1S/C14H27N3S/c1-7-17(8-2)14(4,5)13(15-6)9-12-10-18-11(3)16-12/h10,13,15H,7-9H2,1-6H3. The Morgan fingerprint density at radius 1 is 1.39 bits per heavy atom. The summed E-state index contributed by atoms with van der Waals surface area (Å²) in [6, 6.07) is 0.416. The molecule has 1 aromatic rings. The second-order valence-electron chi connectivity index (χ2n) is 5.23. The van der Waals surface area contributed by atoms with E-state index in [0.29, 0.717) is 6.04 Å². The van der Waals surface area contributed by atoms with E-state index in [9.17, 15) is 0 Å². The first-order valence-electron chi connectivity index (χ1n) is 6.79. The molecule has 4 heteroatoms. The maximum Gasteiger partial charge on any atom is 0.0897 e. The van der Waals surface area contributed by atoms with Gasteiger partial charge in [0.2, 0.25) is 0 Å². The summed E-state index contributed by atoms with van der Waals surface area (Å²) in [6.45, 7) is 13.3. The smallest absolute Gasteiger partial charge is 0.0897 e. The predicted molar refractivity (Wildman–Crippen MR) is 80.4 cm³/mol. The molecular weight excluding hydrogens is 242 g/mol. The molecule has 1 atom stereocenters. The molecule has 1 N–H and O–H groups in total. The third-order valence-corrected chi connectivity index (χ3v) is 4.68. The van der Waals surface area contributed by atoms with Gasteiger partial charge in [0.05, 0.1) is 10.7 Å². The van der Waals surface area contributed by atoms with Crippen molar-refractivity contribution >= 4 is 11.3 Å². The molecule has 1 rings (SSSR count). The lowest BCUT2D eigenvalue weighted by molar-refractivity contribution is 0.0940. The highest BCUT2D eigenvalue weighted by Gasteiger charge is 2.33. The van der Waals surface area contributed by atoms with Crippen LogP contribution in [0.5, 0.6) is 0 Å². The van der Waals surface area contributed by atoms with E-state index < -0.39 is 0 Å². The second-order valence-corrected chi connectivity index (χ2v) is 6.29. The number of aromatic nitrogens is 1. The Morgan fingerprint density at radius 2 is 2.00 bits per heavy atom. The fourth-order valence-electron chi connectivity index (χ4n) is 2.68. The summed E-state index contributed by atoms with van der Waals surface area (Å²) in [5.74, 6) is 0. The van der Waals surface area contributed by atoms with Crippen molar-refractivity contribution in [1.29, 1.82) is 0 Å². The van der Waals surface area contributed by atoms with E-state index in [-0.39, 0.29) is 5.54 Å². The van der Waals surface area contributed by atoms with Crippen molar-refractivity contribution in [2.24, 2.45) is 0 Å². The van der Waals surface area contributed by atoms with Crippen LogP contribution in [0.25, 0.3) is 0 Å². The molecule has 0 aliphatic rings. The van der Waals surface area contributed by atoms with E-state index in [1.54, 1.807) is 11.3 Å². The van der Waals surface area contributed by atoms with Gasteiger partial charge in [-0.05, 0) is 40.9 Å². The third kappa shape index (κ3) is 3.53. The van der Waals surface area contributed by atoms with Gasteiger partial charge in [0.15, 0.2) is 0 Å². The monoisotopic (exact) mass is 269 g/mol. The molecule has 0 bridgehead atoms. The quantitative estimate of drug-likeness (QED) is 0.825. The van der Waals surface area contributed by atoms with Crippen LogP contribution in [-0.2, 0) is 6.42 Å². The van der Waals surface area contributed by atoms with Crippen molar-refractivity contribution < 1.29 is 0 Å². The van der Waals surface area contributed by atoms with Crippen LogP contribution in [0.2, 0.25) is 0 Å². The van der Waals surface area contributed by atoms with Gasteiger partial charge in [0.1, 0.15) is 0 Å². The zero-order valence-electron chi connectivity index (χ0n) is 12.6. The molecule has 0 saturated carbocycles.